The first-order chi connectivity index (χ1) is 17.1. The van der Waals surface area contributed by atoms with Crippen molar-refractivity contribution >= 4 is 16.7 Å². The first-order valence-corrected chi connectivity index (χ1v) is 11.9. The molecule has 2 aromatic carbocycles. The summed E-state index contributed by atoms with van der Waals surface area (Å²) in [6.07, 6.45) is -2.43. The summed E-state index contributed by atoms with van der Waals surface area (Å²) in [5.74, 6) is 1.32. The minimum absolute atomic E-state index is 0.109. The molecule has 192 valence electrons. The Morgan fingerprint density at radius 3 is 2.61 bits per heavy atom. The number of methoxy groups -OCH3 is 1. The van der Waals surface area contributed by atoms with Crippen LogP contribution in [-0.4, -0.2) is 47.7 Å². The Morgan fingerprint density at radius 1 is 1.17 bits per heavy atom. The van der Waals surface area contributed by atoms with E-state index in [9.17, 15) is 17.6 Å². The van der Waals surface area contributed by atoms with Crippen LogP contribution in [0.4, 0.5) is 23.4 Å². The Hall–Kier alpha value is -3.14. The molecule has 5 rings (SSSR count). The van der Waals surface area contributed by atoms with E-state index < -0.39 is 23.6 Å². The summed E-state index contributed by atoms with van der Waals surface area (Å²) in [6, 6.07) is 6.96. The summed E-state index contributed by atoms with van der Waals surface area (Å²) < 4.78 is 66.1. The highest BCUT2D eigenvalue weighted by Gasteiger charge is 2.50. The third-order valence-electron chi connectivity index (χ3n) is 7.24. The van der Waals surface area contributed by atoms with Crippen LogP contribution in [0, 0.1) is 18.7 Å². The van der Waals surface area contributed by atoms with Gasteiger partial charge in [-0.1, -0.05) is 12.1 Å². The molecule has 2 fully saturated rings. The topological polar surface area (TPSA) is 59.5 Å². The molecule has 2 unspecified atom stereocenters. The molecule has 2 aliphatic rings. The van der Waals surface area contributed by atoms with Gasteiger partial charge < -0.3 is 14.8 Å². The minimum Gasteiger partial charge on any atom is -0.493 e. The van der Waals surface area contributed by atoms with Gasteiger partial charge in [-0.25, -0.2) is 14.4 Å². The van der Waals surface area contributed by atoms with E-state index in [0.717, 1.165) is 18.4 Å². The number of alkyl halides is 3. The Balaban J connectivity index is 1.45. The number of ether oxygens (including phenoxy) is 2. The zero-order valence-corrected chi connectivity index (χ0v) is 20.5. The van der Waals surface area contributed by atoms with Gasteiger partial charge in [-0.2, -0.15) is 13.2 Å². The van der Waals surface area contributed by atoms with Crippen molar-refractivity contribution in [3.8, 4) is 11.5 Å². The van der Waals surface area contributed by atoms with E-state index in [1.807, 2.05) is 0 Å². The van der Waals surface area contributed by atoms with E-state index in [4.69, 9.17) is 9.47 Å². The Bertz CT molecular complexity index is 1300. The lowest BCUT2D eigenvalue weighted by molar-refractivity contribution is -0.140. The Labute approximate surface area is 206 Å². The largest absolute Gasteiger partial charge is 0.493 e. The van der Waals surface area contributed by atoms with Gasteiger partial charge in [-0.15, -0.1) is 0 Å². The van der Waals surface area contributed by atoms with Crippen LogP contribution in [0.25, 0.3) is 10.9 Å². The SMILES string of the molecule is COc1cc2nc(C)nc(N[C@H](C)c3cccc(C(F)(F)F)c3F)c2cc1OC[C@@H]1CC2CC2N1C. The maximum atomic E-state index is 14.8. The van der Waals surface area contributed by atoms with Crippen LogP contribution >= 0.6 is 0 Å². The van der Waals surface area contributed by atoms with Gasteiger partial charge in [-0.05, 0) is 51.8 Å². The number of fused-ring (bicyclic) bond motifs is 2. The second-order valence-electron chi connectivity index (χ2n) is 9.64. The minimum atomic E-state index is -4.78. The number of nitrogens with zero attached hydrogens (tertiary/aromatic N) is 3. The third kappa shape index (κ3) is 4.54. The standard InChI is InChI=1S/C26H28F4N4O2/c1-13(17-6-5-7-19(24(17)27)26(28,29)30)31-25-18-10-23(22(35-4)11-20(18)32-14(2)33-25)36-12-16-8-15-9-21(15)34(16)3/h5-7,10-11,13,15-16,21H,8-9,12H2,1-4H3,(H,31,32,33)/t13-,15?,16+,21?/m1/s1. The number of benzene rings is 2. The number of halogens is 4. The van der Waals surface area contributed by atoms with Crippen LogP contribution < -0.4 is 14.8 Å². The highest BCUT2D eigenvalue weighted by atomic mass is 19.4. The summed E-state index contributed by atoms with van der Waals surface area (Å²) in [5.41, 5.74) is -0.834. The molecule has 1 aromatic heterocycles. The fourth-order valence-electron chi connectivity index (χ4n) is 5.16. The van der Waals surface area contributed by atoms with Crippen molar-refractivity contribution in [2.24, 2.45) is 5.92 Å². The fourth-order valence-corrected chi connectivity index (χ4v) is 5.16. The number of hydrogen-bond donors (Lipinski definition) is 1. The van der Waals surface area contributed by atoms with E-state index in [1.54, 1.807) is 33.1 Å². The fraction of sp³-hybridized carbons (Fsp3) is 0.462. The molecule has 0 amide bonds. The van der Waals surface area contributed by atoms with E-state index >= 15 is 0 Å². The second-order valence-corrected chi connectivity index (χ2v) is 9.64. The number of piperidine rings is 1. The highest BCUT2D eigenvalue weighted by molar-refractivity contribution is 5.92. The van der Waals surface area contributed by atoms with E-state index in [0.29, 0.717) is 52.7 Å². The number of aromatic nitrogens is 2. The van der Waals surface area contributed by atoms with Gasteiger partial charge in [0.05, 0.1) is 24.2 Å². The molecule has 0 radical (unpaired) electrons. The van der Waals surface area contributed by atoms with Crippen molar-refractivity contribution in [1.82, 2.24) is 14.9 Å². The molecule has 1 aliphatic heterocycles. The van der Waals surface area contributed by atoms with Crippen LogP contribution in [0.3, 0.4) is 0 Å². The molecule has 2 heterocycles. The number of nitrogens with one attached hydrogen (secondary N) is 1. The number of hydrogen-bond acceptors (Lipinski definition) is 6. The molecule has 1 saturated carbocycles. The summed E-state index contributed by atoms with van der Waals surface area (Å²) in [7, 11) is 3.67. The van der Waals surface area contributed by atoms with Gasteiger partial charge in [0.15, 0.2) is 11.5 Å². The van der Waals surface area contributed by atoms with Crippen LogP contribution in [-0.2, 0) is 6.18 Å². The zero-order chi connectivity index (χ0) is 25.8. The number of likely N-dealkylation sites (tertiary alicyclic amines) is 1. The lowest BCUT2D eigenvalue weighted by atomic mass is 10.0. The second kappa shape index (κ2) is 9.06. The molecule has 0 bridgehead atoms. The van der Waals surface area contributed by atoms with Crippen molar-refractivity contribution in [1.29, 1.82) is 0 Å². The molecule has 1 N–H and O–H groups in total. The lowest BCUT2D eigenvalue weighted by Crippen LogP contribution is -2.33. The van der Waals surface area contributed by atoms with Crippen LogP contribution in [0.5, 0.6) is 11.5 Å². The van der Waals surface area contributed by atoms with Gasteiger partial charge in [-0.3, -0.25) is 4.90 Å². The van der Waals surface area contributed by atoms with E-state index in [2.05, 4.69) is 27.2 Å². The van der Waals surface area contributed by atoms with Crippen LogP contribution in [0.2, 0.25) is 0 Å². The molecule has 36 heavy (non-hydrogen) atoms. The first kappa shape index (κ1) is 24.5. The van der Waals surface area contributed by atoms with Crippen molar-refractivity contribution in [3.05, 3.63) is 53.1 Å². The van der Waals surface area contributed by atoms with Crippen molar-refractivity contribution in [2.75, 3.05) is 26.1 Å². The average molecular weight is 505 g/mol. The van der Waals surface area contributed by atoms with Gasteiger partial charge in [0, 0.05) is 29.1 Å². The summed E-state index contributed by atoms with van der Waals surface area (Å²) >= 11 is 0. The molecule has 4 atom stereocenters. The van der Waals surface area contributed by atoms with Crippen molar-refractivity contribution in [3.63, 3.8) is 0 Å². The predicted molar refractivity (Wildman–Crippen MR) is 128 cm³/mol. The normalized spacial score (nSPS) is 22.4. The zero-order valence-electron chi connectivity index (χ0n) is 20.5. The molecular weight excluding hydrogens is 476 g/mol. The van der Waals surface area contributed by atoms with Crippen LogP contribution in [0.1, 0.15) is 42.8 Å². The summed E-state index contributed by atoms with van der Waals surface area (Å²) in [4.78, 5) is 11.3. The first-order valence-electron chi connectivity index (χ1n) is 11.9. The van der Waals surface area contributed by atoms with Crippen LogP contribution in [0.15, 0.2) is 30.3 Å². The Kier molecular flexibility index (Phi) is 6.18. The lowest BCUT2D eigenvalue weighted by Gasteiger charge is -2.24. The maximum Gasteiger partial charge on any atom is 0.419 e. The summed E-state index contributed by atoms with van der Waals surface area (Å²) in [5, 5.41) is 3.67. The number of aryl methyl sites for hydroxylation is 1. The van der Waals surface area contributed by atoms with Gasteiger partial charge in [0.2, 0.25) is 0 Å². The summed E-state index contributed by atoms with van der Waals surface area (Å²) in [6.45, 7) is 3.80. The third-order valence-corrected chi connectivity index (χ3v) is 7.24. The average Bonchev–Trinajstić information content (AvgIpc) is 3.52. The smallest absolute Gasteiger partial charge is 0.419 e. The van der Waals surface area contributed by atoms with Gasteiger partial charge in [0.1, 0.15) is 24.1 Å². The van der Waals surface area contributed by atoms with Crippen molar-refractivity contribution in [2.45, 2.75) is 51.0 Å². The molecule has 0 spiro atoms. The van der Waals surface area contributed by atoms with E-state index in [-0.39, 0.29) is 5.56 Å². The Morgan fingerprint density at radius 2 is 1.94 bits per heavy atom. The quantitative estimate of drug-likeness (QED) is 0.414. The molecule has 3 aromatic rings. The van der Waals surface area contributed by atoms with Crippen molar-refractivity contribution < 1.29 is 27.0 Å². The van der Waals surface area contributed by atoms with Gasteiger partial charge in [0.25, 0.3) is 0 Å². The molecule has 1 aliphatic carbocycles. The van der Waals surface area contributed by atoms with Gasteiger partial charge >= 0.3 is 6.18 Å². The molecular formula is C26H28F4N4O2. The monoisotopic (exact) mass is 504 g/mol. The number of likely N-dealkylation sites (N-methyl/N-ethyl adjacent to an activating group) is 1. The molecule has 6 nitrogen and oxygen atoms in total. The number of rotatable bonds is 7. The maximum absolute atomic E-state index is 14.8. The highest BCUT2D eigenvalue weighted by Crippen LogP contribution is 2.47. The number of anilines is 1. The van der Waals surface area contributed by atoms with E-state index in [1.165, 1.54) is 18.6 Å². The molecule has 10 heteroatoms. The molecule has 1 saturated heterocycles. The predicted octanol–water partition coefficient (Wildman–Crippen LogP) is 5.75.